The molecule has 1 aromatic carbocycles. The van der Waals surface area contributed by atoms with Crippen LogP contribution >= 0.6 is 0 Å². The molecule has 1 heterocycles. The highest BCUT2D eigenvalue weighted by molar-refractivity contribution is 5.86. The highest BCUT2D eigenvalue weighted by Crippen LogP contribution is 2.39. The van der Waals surface area contributed by atoms with E-state index in [1.54, 1.807) is 0 Å². The van der Waals surface area contributed by atoms with Gasteiger partial charge in [-0.3, -0.25) is 4.98 Å². The predicted octanol–water partition coefficient (Wildman–Crippen LogP) is 3.18. The maximum atomic E-state index is 11.5. The molecule has 0 bridgehead atoms. The second-order valence-electron chi connectivity index (χ2n) is 5.24. The van der Waals surface area contributed by atoms with E-state index in [2.05, 4.69) is 4.98 Å². The molecule has 3 rings (SSSR count). The summed E-state index contributed by atoms with van der Waals surface area (Å²) in [6.45, 7) is 2.02. The Morgan fingerprint density at radius 1 is 1.40 bits per heavy atom. The highest BCUT2D eigenvalue weighted by atomic mass is 16.5. The van der Waals surface area contributed by atoms with Gasteiger partial charge in [-0.1, -0.05) is 19.1 Å². The van der Waals surface area contributed by atoms with E-state index in [-0.39, 0.29) is 0 Å². The Kier molecular flexibility index (Phi) is 3.08. The molecular formula is C16H17NO3. The van der Waals surface area contributed by atoms with Crippen molar-refractivity contribution in [2.75, 3.05) is 0 Å². The molecule has 4 heteroatoms. The van der Waals surface area contributed by atoms with Gasteiger partial charge in [0.1, 0.15) is 5.75 Å². The molecule has 4 nitrogen and oxygen atoms in total. The van der Waals surface area contributed by atoms with Gasteiger partial charge in [0.15, 0.2) is 0 Å². The van der Waals surface area contributed by atoms with Gasteiger partial charge >= 0.3 is 5.97 Å². The molecule has 104 valence electrons. The standard InChI is InChI=1S/C16H17NO3/c1-2-11-10-14(12-6-3-4-7-13(12)17-11)20-16(15(18)19)8-5-9-16/h3-4,6-7,10H,2,5,8-9H2,1H3,(H,18,19). The zero-order valence-electron chi connectivity index (χ0n) is 11.4. The second kappa shape index (κ2) is 4.78. The van der Waals surface area contributed by atoms with Gasteiger partial charge in [-0.25, -0.2) is 4.79 Å². The number of nitrogens with zero attached hydrogens (tertiary/aromatic N) is 1. The van der Waals surface area contributed by atoms with Crippen molar-refractivity contribution in [3.63, 3.8) is 0 Å². The maximum Gasteiger partial charge on any atom is 0.348 e. The van der Waals surface area contributed by atoms with Crippen LogP contribution in [0.25, 0.3) is 10.9 Å². The van der Waals surface area contributed by atoms with Crippen LogP contribution in [-0.2, 0) is 11.2 Å². The van der Waals surface area contributed by atoms with Gasteiger partial charge in [-0.2, -0.15) is 0 Å². The molecule has 1 N–H and O–H groups in total. The van der Waals surface area contributed by atoms with Gasteiger partial charge in [0.25, 0.3) is 0 Å². The fourth-order valence-electron chi connectivity index (χ4n) is 2.53. The van der Waals surface area contributed by atoms with E-state index in [9.17, 15) is 9.90 Å². The number of benzene rings is 1. The first-order valence-electron chi connectivity index (χ1n) is 6.96. The Balaban J connectivity index is 2.08. The van der Waals surface area contributed by atoms with E-state index in [4.69, 9.17) is 4.74 Å². The number of rotatable bonds is 4. The third kappa shape index (κ3) is 2.01. The molecule has 2 aromatic rings. The molecule has 1 aliphatic rings. The minimum Gasteiger partial charge on any atom is -0.478 e. The van der Waals surface area contributed by atoms with E-state index in [0.29, 0.717) is 18.6 Å². The first kappa shape index (κ1) is 12.9. The summed E-state index contributed by atoms with van der Waals surface area (Å²) in [6.07, 6.45) is 2.83. The van der Waals surface area contributed by atoms with Crippen LogP contribution < -0.4 is 4.74 Å². The first-order valence-corrected chi connectivity index (χ1v) is 6.96. The number of ether oxygens (including phenoxy) is 1. The summed E-state index contributed by atoms with van der Waals surface area (Å²) in [4.78, 5) is 16.0. The van der Waals surface area contributed by atoms with Crippen LogP contribution in [0, 0.1) is 0 Å². The number of aryl methyl sites for hydroxylation is 1. The molecule has 20 heavy (non-hydrogen) atoms. The average molecular weight is 271 g/mol. The quantitative estimate of drug-likeness (QED) is 0.927. The number of hydrogen-bond acceptors (Lipinski definition) is 3. The summed E-state index contributed by atoms with van der Waals surface area (Å²) < 4.78 is 5.92. The van der Waals surface area contributed by atoms with Crippen molar-refractivity contribution in [2.45, 2.75) is 38.2 Å². The second-order valence-corrected chi connectivity index (χ2v) is 5.24. The van der Waals surface area contributed by atoms with Crippen molar-refractivity contribution in [1.82, 2.24) is 4.98 Å². The molecule has 0 saturated heterocycles. The molecule has 0 amide bonds. The molecule has 1 aromatic heterocycles. The van der Waals surface area contributed by atoms with Crippen LogP contribution in [0.3, 0.4) is 0 Å². The lowest BCUT2D eigenvalue weighted by Gasteiger charge is -2.38. The van der Waals surface area contributed by atoms with Gasteiger partial charge in [0.2, 0.25) is 5.60 Å². The van der Waals surface area contributed by atoms with E-state index in [1.807, 2.05) is 37.3 Å². The molecule has 0 unspecified atom stereocenters. The van der Waals surface area contributed by atoms with Gasteiger partial charge in [0.05, 0.1) is 5.52 Å². The molecule has 1 aliphatic carbocycles. The summed E-state index contributed by atoms with van der Waals surface area (Å²) in [5.74, 6) is -0.239. The molecule has 0 atom stereocenters. The average Bonchev–Trinajstić information content (AvgIpc) is 2.41. The number of para-hydroxylation sites is 1. The van der Waals surface area contributed by atoms with E-state index in [0.717, 1.165) is 29.4 Å². The van der Waals surface area contributed by atoms with Crippen molar-refractivity contribution in [3.8, 4) is 5.75 Å². The number of carbonyl (C=O) groups is 1. The molecular weight excluding hydrogens is 254 g/mol. The van der Waals surface area contributed by atoms with E-state index >= 15 is 0 Å². The normalized spacial score (nSPS) is 16.6. The molecule has 0 aliphatic heterocycles. The third-order valence-electron chi connectivity index (χ3n) is 3.95. The van der Waals surface area contributed by atoms with Gasteiger partial charge in [0, 0.05) is 17.1 Å². The fourth-order valence-corrected chi connectivity index (χ4v) is 2.53. The summed E-state index contributed by atoms with van der Waals surface area (Å²) >= 11 is 0. The zero-order valence-corrected chi connectivity index (χ0v) is 11.4. The number of hydrogen-bond donors (Lipinski definition) is 1. The molecule has 0 radical (unpaired) electrons. The van der Waals surface area contributed by atoms with E-state index < -0.39 is 11.6 Å². The van der Waals surface area contributed by atoms with Crippen molar-refractivity contribution >= 4 is 16.9 Å². The third-order valence-corrected chi connectivity index (χ3v) is 3.95. The highest BCUT2D eigenvalue weighted by Gasteiger charge is 2.47. The Bertz CT molecular complexity index is 662. The lowest BCUT2D eigenvalue weighted by Crippen LogP contribution is -2.50. The number of fused-ring (bicyclic) bond motifs is 1. The molecule has 0 spiro atoms. The fraction of sp³-hybridized carbons (Fsp3) is 0.375. The van der Waals surface area contributed by atoms with Gasteiger partial charge < -0.3 is 9.84 Å². The van der Waals surface area contributed by atoms with Crippen molar-refractivity contribution in [3.05, 3.63) is 36.0 Å². The zero-order chi connectivity index (χ0) is 14.2. The number of aromatic nitrogens is 1. The van der Waals surface area contributed by atoms with Gasteiger partial charge in [-0.15, -0.1) is 0 Å². The van der Waals surface area contributed by atoms with Crippen LogP contribution in [0.4, 0.5) is 0 Å². The van der Waals surface area contributed by atoms with Gasteiger partial charge in [-0.05, 0) is 37.8 Å². The number of pyridine rings is 1. The van der Waals surface area contributed by atoms with Crippen LogP contribution in [0.5, 0.6) is 5.75 Å². The smallest absolute Gasteiger partial charge is 0.348 e. The van der Waals surface area contributed by atoms with Crippen molar-refractivity contribution < 1.29 is 14.6 Å². The monoisotopic (exact) mass is 271 g/mol. The van der Waals surface area contributed by atoms with E-state index in [1.165, 1.54) is 0 Å². The van der Waals surface area contributed by atoms with Crippen LogP contribution in [0.1, 0.15) is 31.9 Å². The summed E-state index contributed by atoms with van der Waals surface area (Å²) in [7, 11) is 0. The Morgan fingerprint density at radius 2 is 2.15 bits per heavy atom. The van der Waals surface area contributed by atoms with Crippen LogP contribution in [0.15, 0.2) is 30.3 Å². The Morgan fingerprint density at radius 3 is 2.75 bits per heavy atom. The SMILES string of the molecule is CCc1cc(OC2(C(=O)O)CCC2)c2ccccc2n1. The van der Waals surface area contributed by atoms with Crippen LogP contribution in [0.2, 0.25) is 0 Å². The largest absolute Gasteiger partial charge is 0.478 e. The Hall–Kier alpha value is -2.10. The minimum atomic E-state index is -1.05. The lowest BCUT2D eigenvalue weighted by molar-refractivity contribution is -0.163. The number of carboxylic acids is 1. The number of aliphatic carboxylic acids is 1. The Labute approximate surface area is 117 Å². The molecule has 1 saturated carbocycles. The first-order chi connectivity index (χ1) is 9.64. The lowest BCUT2D eigenvalue weighted by atomic mass is 9.80. The number of carboxylic acid groups (broad SMARTS) is 1. The van der Waals surface area contributed by atoms with Crippen molar-refractivity contribution in [2.24, 2.45) is 0 Å². The van der Waals surface area contributed by atoms with Crippen LogP contribution in [-0.4, -0.2) is 21.7 Å². The minimum absolute atomic E-state index is 0.570. The summed E-state index contributed by atoms with van der Waals surface area (Å²) in [5.41, 5.74) is 0.718. The predicted molar refractivity (Wildman–Crippen MR) is 76.0 cm³/mol. The summed E-state index contributed by atoms with van der Waals surface area (Å²) in [6, 6.07) is 9.55. The molecule has 1 fully saturated rings. The summed E-state index contributed by atoms with van der Waals surface area (Å²) in [5, 5.41) is 10.3. The maximum absolute atomic E-state index is 11.5. The topological polar surface area (TPSA) is 59.4 Å². The van der Waals surface area contributed by atoms with Crippen molar-refractivity contribution in [1.29, 1.82) is 0 Å².